The molecular weight excluding hydrogens is 334 g/mol. The van der Waals surface area contributed by atoms with Gasteiger partial charge in [-0.2, -0.15) is 4.98 Å². The van der Waals surface area contributed by atoms with Crippen LogP contribution in [0.2, 0.25) is 0 Å². The summed E-state index contributed by atoms with van der Waals surface area (Å²) in [6, 6.07) is 3.78. The first-order chi connectivity index (χ1) is 12.3. The molecule has 2 N–H and O–H groups in total. The van der Waals surface area contributed by atoms with Gasteiger partial charge in [0, 0.05) is 12.4 Å². The van der Waals surface area contributed by atoms with E-state index in [4.69, 9.17) is 10.5 Å². The minimum absolute atomic E-state index is 0.391. The average Bonchev–Trinajstić information content (AvgIpc) is 3.11. The van der Waals surface area contributed by atoms with Gasteiger partial charge in [0.1, 0.15) is 11.0 Å². The standard InChI is InChI=1S/C18H21N5OS/c19-16(17-22-14-10-20-8-7-15(14)25-17)13-6-9-21-18(23-13)24-11-12-4-2-1-3-5-12/h6-10,12,16H,1-5,11,19H2. The molecule has 0 saturated heterocycles. The summed E-state index contributed by atoms with van der Waals surface area (Å²) in [5.41, 5.74) is 7.95. The quantitative estimate of drug-likeness (QED) is 0.754. The van der Waals surface area contributed by atoms with Crippen LogP contribution in [-0.2, 0) is 0 Å². The molecule has 4 rings (SSSR count). The van der Waals surface area contributed by atoms with E-state index in [-0.39, 0.29) is 0 Å². The molecule has 1 aliphatic rings. The van der Waals surface area contributed by atoms with Crippen LogP contribution in [0.25, 0.3) is 10.2 Å². The monoisotopic (exact) mass is 355 g/mol. The normalized spacial score (nSPS) is 16.8. The van der Waals surface area contributed by atoms with Crippen LogP contribution < -0.4 is 10.5 Å². The van der Waals surface area contributed by atoms with Crippen molar-refractivity contribution in [3.63, 3.8) is 0 Å². The summed E-state index contributed by atoms with van der Waals surface area (Å²) in [7, 11) is 0. The molecule has 3 aromatic rings. The van der Waals surface area contributed by atoms with Crippen LogP contribution in [0.15, 0.2) is 30.7 Å². The molecule has 25 heavy (non-hydrogen) atoms. The zero-order valence-corrected chi connectivity index (χ0v) is 14.8. The molecule has 0 spiro atoms. The molecule has 130 valence electrons. The van der Waals surface area contributed by atoms with Gasteiger partial charge in [-0.1, -0.05) is 19.3 Å². The fraction of sp³-hybridized carbons (Fsp3) is 0.444. The van der Waals surface area contributed by atoms with Crippen molar-refractivity contribution < 1.29 is 4.74 Å². The van der Waals surface area contributed by atoms with Crippen LogP contribution in [0.1, 0.15) is 48.8 Å². The fourth-order valence-corrected chi connectivity index (χ4v) is 4.15. The van der Waals surface area contributed by atoms with Gasteiger partial charge < -0.3 is 10.5 Å². The smallest absolute Gasteiger partial charge is 0.316 e. The first-order valence-electron chi connectivity index (χ1n) is 8.71. The van der Waals surface area contributed by atoms with Crippen LogP contribution in [0.4, 0.5) is 0 Å². The first kappa shape index (κ1) is 16.4. The van der Waals surface area contributed by atoms with Gasteiger partial charge in [-0.25, -0.2) is 9.97 Å². The maximum Gasteiger partial charge on any atom is 0.316 e. The summed E-state index contributed by atoms with van der Waals surface area (Å²) in [6.07, 6.45) is 11.6. The molecule has 1 fully saturated rings. The van der Waals surface area contributed by atoms with Crippen LogP contribution >= 0.6 is 11.3 Å². The topological polar surface area (TPSA) is 86.8 Å². The minimum Gasteiger partial charge on any atom is -0.463 e. The highest BCUT2D eigenvalue weighted by atomic mass is 32.1. The molecule has 0 bridgehead atoms. The van der Waals surface area contributed by atoms with Gasteiger partial charge in [0.15, 0.2) is 0 Å². The number of pyridine rings is 1. The van der Waals surface area contributed by atoms with E-state index in [0.29, 0.717) is 18.5 Å². The number of rotatable bonds is 5. The van der Waals surface area contributed by atoms with E-state index in [1.807, 2.05) is 12.1 Å². The zero-order valence-electron chi connectivity index (χ0n) is 14.0. The fourth-order valence-electron chi connectivity index (χ4n) is 3.20. The van der Waals surface area contributed by atoms with E-state index >= 15 is 0 Å². The number of hydrogen-bond acceptors (Lipinski definition) is 7. The minimum atomic E-state index is -0.391. The second-order valence-electron chi connectivity index (χ2n) is 6.45. The summed E-state index contributed by atoms with van der Waals surface area (Å²) in [4.78, 5) is 17.4. The lowest BCUT2D eigenvalue weighted by Crippen LogP contribution is -2.18. The highest BCUT2D eigenvalue weighted by molar-refractivity contribution is 7.18. The Morgan fingerprint density at radius 2 is 2.04 bits per heavy atom. The van der Waals surface area contributed by atoms with Gasteiger partial charge in [-0.3, -0.25) is 4.98 Å². The van der Waals surface area contributed by atoms with Crippen LogP contribution in [-0.4, -0.2) is 26.5 Å². The average molecular weight is 355 g/mol. The van der Waals surface area contributed by atoms with Crippen molar-refractivity contribution >= 4 is 21.6 Å². The predicted molar refractivity (Wildman–Crippen MR) is 97.5 cm³/mol. The third-order valence-electron chi connectivity index (χ3n) is 4.62. The molecular formula is C18H21N5OS. The van der Waals surface area contributed by atoms with Gasteiger partial charge in [0.25, 0.3) is 0 Å². The van der Waals surface area contributed by atoms with Crippen molar-refractivity contribution in [2.45, 2.75) is 38.1 Å². The van der Waals surface area contributed by atoms with Crippen LogP contribution in [0.5, 0.6) is 6.01 Å². The second kappa shape index (κ2) is 7.41. The molecule has 0 radical (unpaired) electrons. The first-order valence-corrected chi connectivity index (χ1v) is 9.53. The molecule has 7 heteroatoms. The Morgan fingerprint density at radius 3 is 2.88 bits per heavy atom. The zero-order chi connectivity index (χ0) is 17.1. The summed E-state index contributed by atoms with van der Waals surface area (Å²) in [6.45, 7) is 0.686. The van der Waals surface area contributed by atoms with Gasteiger partial charge >= 0.3 is 6.01 Å². The van der Waals surface area contributed by atoms with E-state index in [1.165, 1.54) is 32.1 Å². The molecule has 1 saturated carbocycles. The number of hydrogen-bond donors (Lipinski definition) is 1. The van der Waals surface area contributed by atoms with Gasteiger partial charge in [0.2, 0.25) is 0 Å². The lowest BCUT2D eigenvalue weighted by molar-refractivity contribution is 0.195. The molecule has 1 unspecified atom stereocenters. The van der Waals surface area contributed by atoms with Gasteiger partial charge in [-0.05, 0) is 30.9 Å². The predicted octanol–water partition coefficient (Wildman–Crippen LogP) is 3.49. The Kier molecular flexibility index (Phi) is 4.85. The number of aromatic nitrogens is 4. The highest BCUT2D eigenvalue weighted by Gasteiger charge is 2.18. The third-order valence-corrected chi connectivity index (χ3v) is 5.74. The summed E-state index contributed by atoms with van der Waals surface area (Å²) in [5, 5.41) is 0.819. The van der Waals surface area contributed by atoms with E-state index in [1.54, 1.807) is 29.9 Å². The molecule has 0 amide bonds. The van der Waals surface area contributed by atoms with Crippen molar-refractivity contribution in [1.29, 1.82) is 0 Å². The lowest BCUT2D eigenvalue weighted by atomic mass is 9.90. The number of ether oxygens (including phenoxy) is 1. The van der Waals surface area contributed by atoms with Gasteiger partial charge in [0.05, 0.1) is 28.7 Å². The SMILES string of the molecule is NC(c1ccnc(OCC2CCCCC2)n1)c1nc2cnccc2s1. The Labute approximate surface area is 150 Å². The van der Waals surface area contributed by atoms with E-state index in [9.17, 15) is 0 Å². The Hall–Kier alpha value is -2.12. The van der Waals surface area contributed by atoms with Crippen molar-refractivity contribution in [3.8, 4) is 6.01 Å². The summed E-state index contributed by atoms with van der Waals surface area (Å²) < 4.78 is 6.90. The van der Waals surface area contributed by atoms with E-state index in [2.05, 4.69) is 19.9 Å². The molecule has 3 heterocycles. The van der Waals surface area contributed by atoms with Crippen molar-refractivity contribution in [3.05, 3.63) is 41.4 Å². The van der Waals surface area contributed by atoms with Crippen molar-refractivity contribution in [2.75, 3.05) is 6.61 Å². The molecule has 0 aliphatic heterocycles. The van der Waals surface area contributed by atoms with Crippen molar-refractivity contribution in [1.82, 2.24) is 19.9 Å². The second-order valence-corrected chi connectivity index (χ2v) is 7.51. The molecule has 1 atom stereocenters. The maximum absolute atomic E-state index is 6.37. The van der Waals surface area contributed by atoms with Crippen LogP contribution in [0.3, 0.4) is 0 Å². The highest BCUT2D eigenvalue weighted by Crippen LogP contribution is 2.28. The van der Waals surface area contributed by atoms with Gasteiger partial charge in [-0.15, -0.1) is 11.3 Å². The Balaban J connectivity index is 1.47. The lowest BCUT2D eigenvalue weighted by Gasteiger charge is -2.21. The molecule has 6 nitrogen and oxygen atoms in total. The maximum atomic E-state index is 6.37. The van der Waals surface area contributed by atoms with E-state index < -0.39 is 6.04 Å². The van der Waals surface area contributed by atoms with E-state index in [0.717, 1.165) is 20.9 Å². The van der Waals surface area contributed by atoms with Crippen molar-refractivity contribution in [2.24, 2.45) is 11.7 Å². The number of nitrogens with two attached hydrogens (primary N) is 1. The molecule has 1 aliphatic carbocycles. The summed E-state index contributed by atoms with van der Waals surface area (Å²) in [5.74, 6) is 0.617. The largest absolute Gasteiger partial charge is 0.463 e. The third kappa shape index (κ3) is 3.77. The number of thiazole rings is 1. The Bertz CT molecular complexity index is 813. The number of nitrogens with zero attached hydrogens (tertiary/aromatic N) is 4. The summed E-state index contributed by atoms with van der Waals surface area (Å²) >= 11 is 1.56. The Morgan fingerprint density at radius 1 is 1.16 bits per heavy atom. The van der Waals surface area contributed by atoms with Crippen LogP contribution in [0, 0.1) is 5.92 Å². The molecule has 3 aromatic heterocycles. The number of fused-ring (bicyclic) bond motifs is 1. The molecule has 0 aromatic carbocycles.